The first-order valence-electron chi connectivity index (χ1n) is 11.4. The molecule has 1 amide bonds. The number of ether oxygens (including phenoxy) is 1. The predicted octanol–water partition coefficient (Wildman–Crippen LogP) is 4.83. The second-order valence-electron chi connectivity index (χ2n) is 9.01. The molecule has 4 nitrogen and oxygen atoms in total. The minimum Gasteiger partial charge on any atom is -0.496 e. The van der Waals surface area contributed by atoms with Crippen molar-refractivity contribution in [3.63, 3.8) is 0 Å². The third-order valence-corrected chi connectivity index (χ3v) is 6.57. The quantitative estimate of drug-likeness (QED) is 0.713. The van der Waals surface area contributed by atoms with Crippen LogP contribution in [0.3, 0.4) is 0 Å². The molecule has 160 valence electrons. The molecule has 4 heteroatoms. The summed E-state index contributed by atoms with van der Waals surface area (Å²) in [4.78, 5) is 17.7. The Morgan fingerprint density at radius 1 is 1.03 bits per heavy atom. The zero-order valence-electron chi connectivity index (χ0n) is 18.3. The Kier molecular flexibility index (Phi) is 6.73. The highest BCUT2D eigenvalue weighted by Crippen LogP contribution is 2.31. The van der Waals surface area contributed by atoms with Gasteiger partial charge in [0.2, 0.25) is 5.91 Å². The van der Waals surface area contributed by atoms with Gasteiger partial charge in [-0.1, -0.05) is 43.3 Å². The third-order valence-electron chi connectivity index (χ3n) is 6.57. The molecule has 2 aromatic carbocycles. The molecule has 2 unspecified atom stereocenters. The summed E-state index contributed by atoms with van der Waals surface area (Å²) in [6.07, 6.45) is 4.54. The average molecular weight is 407 g/mol. The summed E-state index contributed by atoms with van der Waals surface area (Å²) in [6.45, 7) is 6.99. The molecule has 0 aliphatic carbocycles. The molecule has 4 rings (SSSR count). The molecule has 2 aliphatic heterocycles. The van der Waals surface area contributed by atoms with Crippen LogP contribution in [-0.2, 0) is 11.3 Å². The van der Waals surface area contributed by atoms with E-state index in [1.165, 1.54) is 17.5 Å². The van der Waals surface area contributed by atoms with Gasteiger partial charge in [0.05, 0.1) is 13.0 Å². The van der Waals surface area contributed by atoms with Crippen molar-refractivity contribution in [2.75, 3.05) is 33.3 Å². The highest BCUT2D eigenvalue weighted by atomic mass is 16.5. The number of hydrogen-bond donors (Lipinski definition) is 0. The first-order valence-corrected chi connectivity index (χ1v) is 11.4. The molecule has 30 heavy (non-hydrogen) atoms. The molecule has 2 heterocycles. The molecule has 0 saturated carbocycles. The molecule has 0 N–H and O–H groups in total. The average Bonchev–Trinajstić information content (AvgIpc) is 2.79. The Balaban J connectivity index is 1.42. The number of hydrogen-bond acceptors (Lipinski definition) is 3. The van der Waals surface area contributed by atoms with Gasteiger partial charge in [-0.2, -0.15) is 0 Å². The number of piperidine rings is 2. The Labute approximate surface area is 180 Å². The molecule has 2 aliphatic rings. The fourth-order valence-corrected chi connectivity index (χ4v) is 5.03. The zero-order chi connectivity index (χ0) is 20.9. The van der Waals surface area contributed by atoms with Gasteiger partial charge in [-0.25, -0.2) is 0 Å². The molecule has 0 radical (unpaired) electrons. The molecule has 0 bridgehead atoms. The van der Waals surface area contributed by atoms with E-state index in [9.17, 15) is 4.79 Å². The van der Waals surface area contributed by atoms with Crippen molar-refractivity contribution >= 4 is 5.91 Å². The summed E-state index contributed by atoms with van der Waals surface area (Å²) in [5, 5.41) is 0. The van der Waals surface area contributed by atoms with Crippen LogP contribution < -0.4 is 4.74 Å². The molecular formula is C26H34N2O2. The summed E-state index contributed by atoms with van der Waals surface area (Å²) in [5.74, 6) is 2.07. The van der Waals surface area contributed by atoms with Gasteiger partial charge < -0.3 is 9.64 Å². The van der Waals surface area contributed by atoms with Crippen LogP contribution in [0.5, 0.6) is 5.75 Å². The number of rotatable bonds is 5. The zero-order valence-corrected chi connectivity index (χ0v) is 18.3. The molecule has 0 spiro atoms. The lowest BCUT2D eigenvalue weighted by molar-refractivity contribution is -0.139. The first-order chi connectivity index (χ1) is 14.6. The maximum absolute atomic E-state index is 13.1. The van der Waals surface area contributed by atoms with Gasteiger partial charge in [-0.3, -0.25) is 9.69 Å². The van der Waals surface area contributed by atoms with Crippen molar-refractivity contribution in [2.45, 2.75) is 39.2 Å². The minimum atomic E-state index is 0.154. The SMILES string of the molecule is COc1ccccc1-c1cccc(CN2CCCC(C(=O)N3CCCC(C)C3)C2)c1. The normalized spacial score (nSPS) is 22.7. The van der Waals surface area contributed by atoms with Crippen LogP contribution in [0.15, 0.2) is 48.5 Å². The lowest BCUT2D eigenvalue weighted by Crippen LogP contribution is -2.47. The summed E-state index contributed by atoms with van der Waals surface area (Å²) < 4.78 is 5.54. The third kappa shape index (κ3) is 4.86. The van der Waals surface area contributed by atoms with Crippen LogP contribution in [0.4, 0.5) is 0 Å². The van der Waals surface area contributed by atoms with Gasteiger partial charge in [0.15, 0.2) is 0 Å². The lowest BCUT2D eigenvalue weighted by atomic mass is 9.93. The number of carbonyl (C=O) groups is 1. The summed E-state index contributed by atoms with van der Waals surface area (Å²) in [5.41, 5.74) is 3.59. The van der Waals surface area contributed by atoms with Crippen molar-refractivity contribution in [3.8, 4) is 16.9 Å². The fourth-order valence-electron chi connectivity index (χ4n) is 5.03. The fraction of sp³-hybridized carbons (Fsp3) is 0.500. The summed E-state index contributed by atoms with van der Waals surface area (Å²) in [7, 11) is 1.72. The van der Waals surface area contributed by atoms with E-state index in [0.29, 0.717) is 11.8 Å². The maximum atomic E-state index is 13.1. The monoisotopic (exact) mass is 406 g/mol. The van der Waals surface area contributed by atoms with E-state index in [4.69, 9.17) is 4.74 Å². The first kappa shape index (κ1) is 20.9. The van der Waals surface area contributed by atoms with E-state index in [1.54, 1.807) is 7.11 Å². The number of para-hydroxylation sites is 1. The summed E-state index contributed by atoms with van der Waals surface area (Å²) >= 11 is 0. The molecule has 2 fully saturated rings. The van der Waals surface area contributed by atoms with Crippen molar-refractivity contribution in [2.24, 2.45) is 11.8 Å². The van der Waals surface area contributed by atoms with E-state index in [-0.39, 0.29) is 5.92 Å². The van der Waals surface area contributed by atoms with Crippen molar-refractivity contribution in [1.82, 2.24) is 9.80 Å². The van der Waals surface area contributed by atoms with Crippen LogP contribution in [0.1, 0.15) is 38.2 Å². The summed E-state index contributed by atoms with van der Waals surface area (Å²) in [6, 6.07) is 16.9. The Morgan fingerprint density at radius 3 is 2.70 bits per heavy atom. The van der Waals surface area contributed by atoms with Gasteiger partial charge in [-0.05, 0) is 61.4 Å². The Hall–Kier alpha value is -2.33. The predicted molar refractivity (Wildman–Crippen MR) is 121 cm³/mol. The van der Waals surface area contributed by atoms with Crippen LogP contribution >= 0.6 is 0 Å². The van der Waals surface area contributed by atoms with E-state index in [2.05, 4.69) is 47.1 Å². The van der Waals surface area contributed by atoms with Gasteiger partial charge in [0.1, 0.15) is 5.75 Å². The lowest BCUT2D eigenvalue weighted by Gasteiger charge is -2.37. The van der Waals surface area contributed by atoms with Crippen molar-refractivity contribution in [3.05, 3.63) is 54.1 Å². The van der Waals surface area contributed by atoms with Crippen molar-refractivity contribution in [1.29, 1.82) is 0 Å². The molecule has 2 aromatic rings. The second-order valence-corrected chi connectivity index (χ2v) is 9.01. The molecule has 2 saturated heterocycles. The molecule has 2 atom stereocenters. The largest absolute Gasteiger partial charge is 0.496 e. The van der Waals surface area contributed by atoms with Gasteiger partial charge in [-0.15, -0.1) is 0 Å². The molecular weight excluding hydrogens is 372 g/mol. The smallest absolute Gasteiger partial charge is 0.226 e. The standard InChI is InChI=1S/C26H34N2O2/c1-20-8-6-15-28(17-20)26(29)23-11-7-14-27(19-23)18-21-9-5-10-22(16-21)24-12-3-4-13-25(24)30-2/h3-5,9-10,12-13,16,20,23H,6-8,11,14-15,17-19H2,1-2H3. The number of methoxy groups -OCH3 is 1. The van der Waals surface area contributed by atoms with Gasteiger partial charge >= 0.3 is 0 Å². The van der Waals surface area contributed by atoms with Crippen LogP contribution in [0.2, 0.25) is 0 Å². The van der Waals surface area contributed by atoms with Gasteiger partial charge in [0.25, 0.3) is 0 Å². The van der Waals surface area contributed by atoms with Crippen LogP contribution in [0.25, 0.3) is 11.1 Å². The van der Waals surface area contributed by atoms with Crippen molar-refractivity contribution < 1.29 is 9.53 Å². The minimum absolute atomic E-state index is 0.154. The number of amides is 1. The van der Waals surface area contributed by atoms with Gasteiger partial charge in [0, 0.05) is 31.7 Å². The van der Waals surface area contributed by atoms with E-state index >= 15 is 0 Å². The van der Waals surface area contributed by atoms with Crippen LogP contribution in [-0.4, -0.2) is 49.0 Å². The Bertz CT molecular complexity index is 866. The molecule has 0 aromatic heterocycles. The van der Waals surface area contributed by atoms with E-state index in [1.807, 2.05) is 18.2 Å². The topological polar surface area (TPSA) is 32.8 Å². The van der Waals surface area contributed by atoms with E-state index < -0.39 is 0 Å². The highest BCUT2D eigenvalue weighted by molar-refractivity contribution is 5.79. The number of carbonyl (C=O) groups excluding carboxylic acids is 1. The maximum Gasteiger partial charge on any atom is 0.226 e. The second kappa shape index (κ2) is 9.65. The number of benzene rings is 2. The van der Waals surface area contributed by atoms with Crippen LogP contribution in [0, 0.1) is 11.8 Å². The number of nitrogens with zero attached hydrogens (tertiary/aromatic N) is 2. The Morgan fingerprint density at radius 2 is 1.87 bits per heavy atom. The van der Waals surface area contributed by atoms with E-state index in [0.717, 1.165) is 63.3 Å². The number of likely N-dealkylation sites (tertiary alicyclic amines) is 2. The highest BCUT2D eigenvalue weighted by Gasteiger charge is 2.31.